The third kappa shape index (κ3) is 4.24. The Morgan fingerprint density at radius 2 is 1.96 bits per heavy atom. The maximum Gasteiger partial charge on any atom is 0.340 e. The summed E-state index contributed by atoms with van der Waals surface area (Å²) in [5.74, 6) is -0.449. The number of thiocarbonyl (C=S) groups is 1. The molecule has 0 unspecified atom stereocenters. The average Bonchev–Trinajstić information content (AvgIpc) is 2.87. The number of carbonyl (C=O) groups is 1. The molecule has 0 aliphatic heterocycles. The fourth-order valence-corrected chi connectivity index (χ4v) is 2.99. The van der Waals surface area contributed by atoms with Crippen molar-refractivity contribution in [2.75, 3.05) is 17.7 Å². The average molecular weight is 351 g/mol. The Kier molecular flexibility index (Phi) is 5.24. The highest BCUT2D eigenvalue weighted by molar-refractivity contribution is 7.80. The van der Waals surface area contributed by atoms with Crippen molar-refractivity contribution in [3.05, 3.63) is 50.9 Å². The number of methoxy groups -OCH3 is 1. The lowest BCUT2D eigenvalue weighted by molar-refractivity contribution is -0.384. The van der Waals surface area contributed by atoms with E-state index in [1.165, 1.54) is 30.6 Å². The number of nitro benzene ring substituents is 1. The minimum atomic E-state index is -0.475. The Hall–Kier alpha value is -2.52. The molecule has 0 amide bonds. The first kappa shape index (κ1) is 16.8. The fraction of sp³-hybridized carbons (Fsp3) is 0.143. The third-order valence-electron chi connectivity index (χ3n) is 2.82. The molecule has 2 rings (SSSR count). The second-order valence-electron chi connectivity index (χ2n) is 4.47. The molecule has 1 aromatic heterocycles. The van der Waals surface area contributed by atoms with Gasteiger partial charge in [-0.05, 0) is 37.3 Å². The topological polar surface area (TPSA) is 93.5 Å². The second kappa shape index (κ2) is 7.16. The zero-order chi connectivity index (χ0) is 17.0. The van der Waals surface area contributed by atoms with Crippen LogP contribution in [0.5, 0.6) is 0 Å². The van der Waals surface area contributed by atoms with E-state index in [-0.39, 0.29) is 10.8 Å². The number of ether oxygens (including phenoxy) is 1. The van der Waals surface area contributed by atoms with Gasteiger partial charge in [0.25, 0.3) is 5.69 Å². The lowest BCUT2D eigenvalue weighted by atomic mass is 10.3. The maximum absolute atomic E-state index is 11.7. The number of hydrogen-bond donors (Lipinski definition) is 2. The SMILES string of the molecule is COC(=O)c1cc(C)sc1NC(=S)Nc1ccc([N+](=O)[O-])cc1. The van der Waals surface area contributed by atoms with E-state index in [0.29, 0.717) is 16.3 Å². The molecule has 0 aliphatic rings. The zero-order valence-electron chi connectivity index (χ0n) is 12.3. The first-order valence-corrected chi connectivity index (χ1v) is 7.64. The van der Waals surface area contributed by atoms with Crippen molar-refractivity contribution in [1.82, 2.24) is 0 Å². The number of carbonyl (C=O) groups excluding carboxylic acids is 1. The van der Waals surface area contributed by atoms with Crippen molar-refractivity contribution in [3.8, 4) is 0 Å². The molecule has 0 bridgehead atoms. The van der Waals surface area contributed by atoms with Crippen molar-refractivity contribution in [3.63, 3.8) is 0 Å². The van der Waals surface area contributed by atoms with Crippen LogP contribution in [-0.4, -0.2) is 23.1 Å². The lowest BCUT2D eigenvalue weighted by Crippen LogP contribution is -2.19. The summed E-state index contributed by atoms with van der Waals surface area (Å²) in [6, 6.07) is 7.56. The summed E-state index contributed by atoms with van der Waals surface area (Å²) in [5.41, 5.74) is 1.00. The van der Waals surface area contributed by atoms with Gasteiger partial charge in [-0.2, -0.15) is 0 Å². The van der Waals surface area contributed by atoms with Gasteiger partial charge in [-0.3, -0.25) is 10.1 Å². The Bertz CT molecular complexity index is 756. The number of hydrogen-bond acceptors (Lipinski definition) is 6. The van der Waals surface area contributed by atoms with Gasteiger partial charge in [0.1, 0.15) is 5.00 Å². The molecule has 0 atom stereocenters. The van der Waals surface area contributed by atoms with Crippen LogP contribution in [0.15, 0.2) is 30.3 Å². The van der Waals surface area contributed by atoms with Gasteiger partial charge in [-0.15, -0.1) is 11.3 Å². The summed E-state index contributed by atoms with van der Waals surface area (Å²) in [5, 5.41) is 17.3. The van der Waals surface area contributed by atoms with E-state index in [9.17, 15) is 14.9 Å². The van der Waals surface area contributed by atoms with Crippen LogP contribution in [-0.2, 0) is 4.74 Å². The number of nitrogens with zero attached hydrogens (tertiary/aromatic N) is 1. The Morgan fingerprint density at radius 1 is 1.30 bits per heavy atom. The number of benzene rings is 1. The summed E-state index contributed by atoms with van der Waals surface area (Å²) >= 11 is 6.57. The van der Waals surface area contributed by atoms with Crippen LogP contribution in [0.3, 0.4) is 0 Å². The molecule has 0 saturated heterocycles. The molecule has 1 aromatic carbocycles. The molecule has 0 aliphatic carbocycles. The number of non-ortho nitro benzene ring substituents is 1. The molecular weight excluding hydrogens is 338 g/mol. The fourth-order valence-electron chi connectivity index (χ4n) is 1.80. The summed E-state index contributed by atoms with van der Waals surface area (Å²) in [6.07, 6.45) is 0. The van der Waals surface area contributed by atoms with Crippen molar-refractivity contribution >= 4 is 51.0 Å². The number of esters is 1. The molecule has 1 heterocycles. The van der Waals surface area contributed by atoms with E-state index in [4.69, 9.17) is 17.0 Å². The van der Waals surface area contributed by atoms with E-state index >= 15 is 0 Å². The van der Waals surface area contributed by atoms with Gasteiger partial charge in [0, 0.05) is 22.7 Å². The highest BCUT2D eigenvalue weighted by atomic mass is 32.1. The molecule has 120 valence electrons. The van der Waals surface area contributed by atoms with Gasteiger partial charge in [-0.25, -0.2) is 4.79 Å². The van der Waals surface area contributed by atoms with Crippen molar-refractivity contribution in [2.45, 2.75) is 6.92 Å². The quantitative estimate of drug-likeness (QED) is 0.376. The minimum Gasteiger partial charge on any atom is -0.465 e. The van der Waals surface area contributed by atoms with Crippen LogP contribution in [0.4, 0.5) is 16.4 Å². The minimum absolute atomic E-state index is 0.00344. The molecule has 9 heteroatoms. The van der Waals surface area contributed by atoms with E-state index < -0.39 is 10.9 Å². The third-order valence-corrected chi connectivity index (χ3v) is 3.99. The first-order chi connectivity index (χ1) is 10.9. The van der Waals surface area contributed by atoms with Crippen LogP contribution in [0, 0.1) is 17.0 Å². The smallest absolute Gasteiger partial charge is 0.340 e. The molecule has 0 spiro atoms. The van der Waals surface area contributed by atoms with Gasteiger partial charge in [0.15, 0.2) is 5.11 Å². The molecule has 0 radical (unpaired) electrons. The van der Waals surface area contributed by atoms with E-state index in [0.717, 1.165) is 4.88 Å². The summed E-state index contributed by atoms with van der Waals surface area (Å²) < 4.78 is 4.73. The molecule has 2 aromatic rings. The molecule has 2 N–H and O–H groups in total. The van der Waals surface area contributed by atoms with Crippen LogP contribution in [0.25, 0.3) is 0 Å². The van der Waals surface area contributed by atoms with Gasteiger partial charge >= 0.3 is 5.97 Å². The summed E-state index contributed by atoms with van der Waals surface area (Å²) in [4.78, 5) is 22.8. The normalized spacial score (nSPS) is 10.0. The number of thiophene rings is 1. The molecular formula is C14H13N3O4S2. The van der Waals surface area contributed by atoms with Gasteiger partial charge in [-0.1, -0.05) is 0 Å². The van der Waals surface area contributed by atoms with Crippen LogP contribution < -0.4 is 10.6 Å². The Morgan fingerprint density at radius 3 is 2.52 bits per heavy atom. The van der Waals surface area contributed by atoms with Crippen LogP contribution in [0.2, 0.25) is 0 Å². The zero-order valence-corrected chi connectivity index (χ0v) is 13.9. The van der Waals surface area contributed by atoms with Gasteiger partial charge in [0.05, 0.1) is 17.6 Å². The largest absolute Gasteiger partial charge is 0.465 e. The number of nitro groups is 1. The second-order valence-corrected chi connectivity index (χ2v) is 6.14. The van der Waals surface area contributed by atoms with Crippen molar-refractivity contribution in [2.24, 2.45) is 0 Å². The Labute approximate surface area is 141 Å². The molecule has 23 heavy (non-hydrogen) atoms. The standard InChI is InChI=1S/C14H13N3O4S2/c1-8-7-11(13(18)21-2)12(23-8)16-14(22)15-9-3-5-10(6-4-9)17(19)20/h3-7H,1-2H3,(H2,15,16,22). The monoisotopic (exact) mass is 351 g/mol. The number of nitrogens with one attached hydrogen (secondary N) is 2. The molecule has 0 saturated carbocycles. The summed E-state index contributed by atoms with van der Waals surface area (Å²) in [6.45, 7) is 1.87. The van der Waals surface area contributed by atoms with Gasteiger partial charge in [0.2, 0.25) is 0 Å². The van der Waals surface area contributed by atoms with Crippen LogP contribution in [0.1, 0.15) is 15.2 Å². The van der Waals surface area contributed by atoms with E-state index in [1.54, 1.807) is 18.2 Å². The maximum atomic E-state index is 11.7. The van der Waals surface area contributed by atoms with Crippen molar-refractivity contribution < 1.29 is 14.5 Å². The lowest BCUT2D eigenvalue weighted by Gasteiger charge is -2.10. The highest BCUT2D eigenvalue weighted by Crippen LogP contribution is 2.28. The predicted molar refractivity (Wildman–Crippen MR) is 93.3 cm³/mol. The van der Waals surface area contributed by atoms with Gasteiger partial charge < -0.3 is 15.4 Å². The van der Waals surface area contributed by atoms with E-state index in [1.807, 2.05) is 6.92 Å². The highest BCUT2D eigenvalue weighted by Gasteiger charge is 2.16. The number of aryl methyl sites for hydroxylation is 1. The summed E-state index contributed by atoms with van der Waals surface area (Å²) in [7, 11) is 1.31. The van der Waals surface area contributed by atoms with Crippen LogP contribution >= 0.6 is 23.6 Å². The first-order valence-electron chi connectivity index (χ1n) is 6.42. The Balaban J connectivity index is 2.08. The van der Waals surface area contributed by atoms with E-state index in [2.05, 4.69) is 10.6 Å². The number of rotatable bonds is 4. The van der Waals surface area contributed by atoms with Crippen molar-refractivity contribution in [1.29, 1.82) is 0 Å². The molecule has 0 fully saturated rings. The molecule has 7 nitrogen and oxygen atoms in total. The predicted octanol–water partition coefficient (Wildman–Crippen LogP) is 3.56. The number of anilines is 2.